The van der Waals surface area contributed by atoms with E-state index in [4.69, 9.17) is 9.47 Å². The van der Waals surface area contributed by atoms with Gasteiger partial charge in [0.1, 0.15) is 12.3 Å². The fourth-order valence-electron chi connectivity index (χ4n) is 2.49. The molecule has 1 amide bonds. The lowest BCUT2D eigenvalue weighted by Gasteiger charge is -2.03. The Morgan fingerprint density at radius 2 is 1.89 bits per heavy atom. The molecular weight excluding hydrogens is 386 g/mol. The number of methoxy groups -OCH3 is 2. The zero-order valence-corrected chi connectivity index (χ0v) is 15.8. The first-order chi connectivity index (χ1) is 13.4. The summed E-state index contributed by atoms with van der Waals surface area (Å²) in [6.07, 6.45) is 0. The number of nitro benzene ring substituents is 1. The van der Waals surface area contributed by atoms with Crippen LogP contribution in [0.4, 0.5) is 5.69 Å². The van der Waals surface area contributed by atoms with Crippen LogP contribution in [-0.2, 0) is 16.1 Å². The second-order valence-corrected chi connectivity index (χ2v) is 6.61. The second-order valence-electron chi connectivity index (χ2n) is 5.60. The smallest absolute Gasteiger partial charge is 0.325 e. The maximum atomic E-state index is 12.5. The van der Waals surface area contributed by atoms with Crippen LogP contribution in [0.1, 0.15) is 10.4 Å². The van der Waals surface area contributed by atoms with Gasteiger partial charge in [0, 0.05) is 17.7 Å². The number of esters is 1. The average molecular weight is 401 g/mol. The van der Waals surface area contributed by atoms with Crippen LogP contribution < -0.4 is 9.54 Å². The fourth-order valence-corrected chi connectivity index (χ4v) is 3.55. The van der Waals surface area contributed by atoms with Gasteiger partial charge in [-0.1, -0.05) is 11.3 Å². The topological polar surface area (TPSA) is 113 Å². The molecule has 28 heavy (non-hydrogen) atoms. The summed E-state index contributed by atoms with van der Waals surface area (Å²) in [5.41, 5.74) is 0.795. The summed E-state index contributed by atoms with van der Waals surface area (Å²) >= 11 is 1.08. The van der Waals surface area contributed by atoms with E-state index < -0.39 is 16.8 Å². The minimum absolute atomic E-state index is 0.0907. The zero-order chi connectivity index (χ0) is 20.3. The van der Waals surface area contributed by atoms with Crippen molar-refractivity contribution in [3.05, 3.63) is 62.9 Å². The first-order valence-corrected chi connectivity index (χ1v) is 8.82. The van der Waals surface area contributed by atoms with Crippen molar-refractivity contribution in [3.63, 3.8) is 0 Å². The molecule has 3 rings (SSSR count). The SMILES string of the molecule is COC(=O)Cn1c(=NC(=O)c2ccc(OC)cc2)sc2cc([N+](=O)[O-])ccc21. The molecule has 0 spiro atoms. The lowest BCUT2D eigenvalue weighted by Crippen LogP contribution is -2.22. The molecule has 0 aliphatic carbocycles. The van der Waals surface area contributed by atoms with E-state index in [1.807, 2.05) is 0 Å². The molecular formula is C18H15N3O6S. The molecule has 0 atom stereocenters. The molecule has 0 fully saturated rings. The third kappa shape index (κ3) is 3.91. The molecule has 0 saturated carbocycles. The van der Waals surface area contributed by atoms with Crippen LogP contribution in [-0.4, -0.2) is 35.6 Å². The van der Waals surface area contributed by atoms with Crippen molar-refractivity contribution >= 4 is 39.1 Å². The van der Waals surface area contributed by atoms with Gasteiger partial charge in [-0.25, -0.2) is 0 Å². The highest BCUT2D eigenvalue weighted by Crippen LogP contribution is 2.23. The summed E-state index contributed by atoms with van der Waals surface area (Å²) in [6.45, 7) is -0.178. The van der Waals surface area contributed by atoms with E-state index in [2.05, 4.69) is 4.99 Å². The normalized spacial score (nSPS) is 11.4. The molecule has 144 valence electrons. The van der Waals surface area contributed by atoms with Gasteiger partial charge in [-0.15, -0.1) is 0 Å². The van der Waals surface area contributed by atoms with Crippen LogP contribution >= 0.6 is 11.3 Å². The van der Waals surface area contributed by atoms with Crippen molar-refractivity contribution < 1.29 is 24.0 Å². The number of non-ortho nitro benzene ring substituents is 1. The van der Waals surface area contributed by atoms with Crippen LogP contribution in [0.2, 0.25) is 0 Å². The maximum absolute atomic E-state index is 12.5. The Morgan fingerprint density at radius 1 is 1.18 bits per heavy atom. The Kier molecular flexibility index (Phi) is 5.50. The Hall–Kier alpha value is -3.53. The summed E-state index contributed by atoms with van der Waals surface area (Å²) in [4.78, 5) is 39.2. The Bertz CT molecular complexity index is 1130. The number of hydrogen-bond donors (Lipinski definition) is 0. The van der Waals surface area contributed by atoms with E-state index in [1.54, 1.807) is 24.3 Å². The number of hydrogen-bond acceptors (Lipinski definition) is 7. The number of nitro groups is 1. The molecule has 1 heterocycles. The summed E-state index contributed by atoms with van der Waals surface area (Å²) in [5, 5.41) is 11.0. The van der Waals surface area contributed by atoms with Gasteiger partial charge in [-0.05, 0) is 30.3 Å². The van der Waals surface area contributed by atoms with Crippen LogP contribution in [0.3, 0.4) is 0 Å². The van der Waals surface area contributed by atoms with Gasteiger partial charge in [0.25, 0.3) is 11.6 Å². The summed E-state index contributed by atoms with van der Waals surface area (Å²) in [5.74, 6) is -0.440. The molecule has 0 saturated heterocycles. The van der Waals surface area contributed by atoms with Crippen molar-refractivity contribution in [1.29, 1.82) is 0 Å². The van der Waals surface area contributed by atoms with E-state index in [-0.39, 0.29) is 17.0 Å². The number of fused-ring (bicyclic) bond motifs is 1. The molecule has 0 N–H and O–H groups in total. The quantitative estimate of drug-likeness (QED) is 0.369. The molecule has 0 bridgehead atoms. The van der Waals surface area contributed by atoms with E-state index in [9.17, 15) is 19.7 Å². The van der Waals surface area contributed by atoms with Crippen molar-refractivity contribution in [2.75, 3.05) is 14.2 Å². The number of thiazole rings is 1. The van der Waals surface area contributed by atoms with Gasteiger partial charge in [-0.3, -0.25) is 19.7 Å². The van der Waals surface area contributed by atoms with Gasteiger partial charge < -0.3 is 14.0 Å². The van der Waals surface area contributed by atoms with E-state index >= 15 is 0 Å². The number of carbonyl (C=O) groups excluding carboxylic acids is 2. The Balaban J connectivity index is 2.12. The highest BCUT2D eigenvalue weighted by Gasteiger charge is 2.15. The molecule has 9 nitrogen and oxygen atoms in total. The molecule has 3 aromatic rings. The summed E-state index contributed by atoms with van der Waals surface area (Å²) < 4.78 is 11.8. The van der Waals surface area contributed by atoms with Crippen molar-refractivity contribution in [2.24, 2.45) is 4.99 Å². The number of rotatable bonds is 5. The van der Waals surface area contributed by atoms with E-state index in [0.717, 1.165) is 11.3 Å². The summed E-state index contributed by atoms with van der Waals surface area (Å²) in [7, 11) is 2.77. The highest BCUT2D eigenvalue weighted by molar-refractivity contribution is 7.16. The highest BCUT2D eigenvalue weighted by atomic mass is 32.1. The van der Waals surface area contributed by atoms with Gasteiger partial charge >= 0.3 is 5.97 Å². The first kappa shape index (κ1) is 19.2. The van der Waals surface area contributed by atoms with Gasteiger partial charge in [-0.2, -0.15) is 4.99 Å². The molecule has 0 radical (unpaired) electrons. The number of benzene rings is 2. The minimum atomic E-state index is -0.531. The largest absolute Gasteiger partial charge is 0.497 e. The number of amides is 1. The lowest BCUT2D eigenvalue weighted by molar-refractivity contribution is -0.384. The van der Waals surface area contributed by atoms with E-state index in [1.165, 1.54) is 37.0 Å². The summed E-state index contributed by atoms with van der Waals surface area (Å²) in [6, 6.07) is 10.7. The Morgan fingerprint density at radius 3 is 2.50 bits per heavy atom. The predicted molar refractivity (Wildman–Crippen MR) is 101 cm³/mol. The number of carbonyl (C=O) groups is 2. The van der Waals surface area contributed by atoms with Gasteiger partial charge in [0.2, 0.25) is 0 Å². The third-order valence-corrected chi connectivity index (χ3v) is 4.97. The lowest BCUT2D eigenvalue weighted by atomic mass is 10.2. The molecule has 0 unspecified atom stereocenters. The molecule has 0 aliphatic rings. The molecule has 0 aliphatic heterocycles. The van der Waals surface area contributed by atoms with Gasteiger partial charge in [0.05, 0.1) is 29.4 Å². The van der Waals surface area contributed by atoms with Crippen LogP contribution in [0.25, 0.3) is 10.2 Å². The molecule has 2 aromatic carbocycles. The second kappa shape index (κ2) is 8.01. The third-order valence-electron chi connectivity index (χ3n) is 3.93. The zero-order valence-electron chi connectivity index (χ0n) is 14.9. The van der Waals surface area contributed by atoms with Crippen LogP contribution in [0.15, 0.2) is 47.5 Å². The maximum Gasteiger partial charge on any atom is 0.325 e. The van der Waals surface area contributed by atoms with Gasteiger partial charge in [0.15, 0.2) is 4.80 Å². The van der Waals surface area contributed by atoms with Crippen LogP contribution in [0.5, 0.6) is 5.75 Å². The first-order valence-electron chi connectivity index (χ1n) is 8.00. The fraction of sp³-hybridized carbons (Fsp3) is 0.167. The Labute approximate surface area is 162 Å². The minimum Gasteiger partial charge on any atom is -0.497 e. The number of nitrogens with zero attached hydrogens (tertiary/aromatic N) is 3. The van der Waals surface area contributed by atoms with E-state index in [0.29, 0.717) is 21.5 Å². The van der Waals surface area contributed by atoms with Crippen molar-refractivity contribution in [2.45, 2.75) is 6.54 Å². The number of ether oxygens (including phenoxy) is 2. The molecule has 1 aromatic heterocycles. The monoisotopic (exact) mass is 401 g/mol. The van der Waals surface area contributed by atoms with Crippen LogP contribution in [0, 0.1) is 10.1 Å². The average Bonchev–Trinajstić information content (AvgIpc) is 3.03. The van der Waals surface area contributed by atoms with Crippen molar-refractivity contribution in [1.82, 2.24) is 4.57 Å². The number of aromatic nitrogens is 1. The van der Waals surface area contributed by atoms with Crippen molar-refractivity contribution in [3.8, 4) is 5.75 Å². The predicted octanol–water partition coefficient (Wildman–Crippen LogP) is 2.53. The standard InChI is InChI=1S/C18H15N3O6S/c1-26-13-6-3-11(4-7-13)17(23)19-18-20(10-16(22)27-2)14-8-5-12(21(24)25)9-15(14)28-18/h3-9H,10H2,1-2H3. The molecule has 10 heteroatoms.